The molecule has 1 amide bonds. The van der Waals surface area contributed by atoms with Crippen LogP contribution in [-0.2, 0) is 13.0 Å². The molecule has 0 bridgehead atoms. The lowest BCUT2D eigenvalue weighted by Gasteiger charge is -2.05. The van der Waals surface area contributed by atoms with Crippen molar-refractivity contribution in [2.45, 2.75) is 26.9 Å². The number of carbonyl (C=O) groups excluding carboxylic acids is 1. The molecule has 4 heteroatoms. The van der Waals surface area contributed by atoms with E-state index >= 15 is 0 Å². The highest BCUT2D eigenvalue weighted by molar-refractivity contribution is 7.12. The van der Waals surface area contributed by atoms with Crippen molar-refractivity contribution in [2.75, 3.05) is 5.32 Å². The summed E-state index contributed by atoms with van der Waals surface area (Å²) >= 11 is 1.43. The van der Waals surface area contributed by atoms with Gasteiger partial charge in [-0.3, -0.25) is 4.79 Å². The van der Waals surface area contributed by atoms with E-state index in [0.717, 1.165) is 29.0 Å². The van der Waals surface area contributed by atoms with E-state index in [0.29, 0.717) is 11.5 Å². The third-order valence-electron chi connectivity index (χ3n) is 3.89. The van der Waals surface area contributed by atoms with Crippen molar-refractivity contribution in [3.05, 3.63) is 81.5 Å². The fraction of sp³-hybridized carbons (Fsp3) is 0.190. The molecule has 3 aromatic rings. The minimum absolute atomic E-state index is 0.0870. The van der Waals surface area contributed by atoms with Gasteiger partial charge in [-0.25, -0.2) is 0 Å². The molecular weight excluding hydrogens is 330 g/mol. The standard InChI is InChI=1S/C21H21NO2S/c1-3-16-7-9-18(10-8-16)22-21(23)20-12-17(14-25-20)13-24-19-6-4-5-15(2)11-19/h4-12,14H,3,13H2,1-2H3,(H,22,23). The summed E-state index contributed by atoms with van der Waals surface area (Å²) in [6.45, 7) is 4.60. The summed E-state index contributed by atoms with van der Waals surface area (Å²) in [6.07, 6.45) is 0.990. The van der Waals surface area contributed by atoms with Gasteiger partial charge in [0.2, 0.25) is 0 Å². The Morgan fingerprint density at radius 1 is 1.08 bits per heavy atom. The van der Waals surface area contributed by atoms with E-state index in [9.17, 15) is 4.79 Å². The summed E-state index contributed by atoms with van der Waals surface area (Å²) in [5.74, 6) is 0.754. The van der Waals surface area contributed by atoms with Crippen molar-refractivity contribution in [1.82, 2.24) is 0 Å². The third-order valence-corrected chi connectivity index (χ3v) is 4.87. The fourth-order valence-electron chi connectivity index (χ4n) is 2.46. The van der Waals surface area contributed by atoms with Gasteiger partial charge in [-0.2, -0.15) is 0 Å². The van der Waals surface area contributed by atoms with Gasteiger partial charge in [0.25, 0.3) is 5.91 Å². The fourth-order valence-corrected chi connectivity index (χ4v) is 3.25. The first-order chi connectivity index (χ1) is 12.1. The van der Waals surface area contributed by atoms with Crippen LogP contribution < -0.4 is 10.1 Å². The first-order valence-corrected chi connectivity index (χ1v) is 9.19. The Morgan fingerprint density at radius 2 is 1.88 bits per heavy atom. The lowest BCUT2D eigenvalue weighted by molar-refractivity contribution is 0.103. The van der Waals surface area contributed by atoms with Gasteiger partial charge in [0.1, 0.15) is 12.4 Å². The summed E-state index contributed by atoms with van der Waals surface area (Å²) in [5, 5.41) is 4.90. The van der Waals surface area contributed by atoms with Crippen LogP contribution >= 0.6 is 11.3 Å². The number of anilines is 1. The van der Waals surface area contributed by atoms with E-state index in [-0.39, 0.29) is 5.91 Å². The van der Waals surface area contributed by atoms with Crippen LogP contribution in [0.5, 0.6) is 5.75 Å². The highest BCUT2D eigenvalue weighted by atomic mass is 32.1. The van der Waals surface area contributed by atoms with E-state index in [2.05, 4.69) is 12.2 Å². The van der Waals surface area contributed by atoms with Gasteiger partial charge in [-0.1, -0.05) is 31.2 Å². The van der Waals surface area contributed by atoms with Gasteiger partial charge >= 0.3 is 0 Å². The van der Waals surface area contributed by atoms with Crippen LogP contribution in [0, 0.1) is 6.92 Å². The van der Waals surface area contributed by atoms with E-state index in [1.54, 1.807) is 0 Å². The number of amides is 1. The van der Waals surface area contributed by atoms with Crippen molar-refractivity contribution in [1.29, 1.82) is 0 Å². The molecule has 3 rings (SSSR count). The van der Waals surface area contributed by atoms with Gasteiger partial charge in [0.05, 0.1) is 4.88 Å². The molecule has 0 fully saturated rings. The number of aryl methyl sites for hydroxylation is 2. The Balaban J connectivity index is 1.59. The zero-order chi connectivity index (χ0) is 17.6. The molecule has 0 radical (unpaired) electrons. The van der Waals surface area contributed by atoms with E-state index < -0.39 is 0 Å². The lowest BCUT2D eigenvalue weighted by atomic mass is 10.1. The topological polar surface area (TPSA) is 38.3 Å². The average Bonchev–Trinajstić information content (AvgIpc) is 3.10. The molecule has 0 spiro atoms. The van der Waals surface area contributed by atoms with Crippen LogP contribution in [0.1, 0.15) is 33.3 Å². The first-order valence-electron chi connectivity index (χ1n) is 8.31. The van der Waals surface area contributed by atoms with Crippen LogP contribution in [0.25, 0.3) is 0 Å². The van der Waals surface area contributed by atoms with Crippen LogP contribution in [0.15, 0.2) is 60.0 Å². The van der Waals surface area contributed by atoms with Crippen molar-refractivity contribution in [2.24, 2.45) is 0 Å². The number of benzene rings is 2. The van der Waals surface area contributed by atoms with E-state index in [1.807, 2.05) is 66.9 Å². The van der Waals surface area contributed by atoms with Crippen LogP contribution in [-0.4, -0.2) is 5.91 Å². The lowest BCUT2D eigenvalue weighted by Crippen LogP contribution is -2.10. The number of nitrogens with one attached hydrogen (secondary N) is 1. The molecule has 0 aliphatic carbocycles. The van der Waals surface area contributed by atoms with Gasteiger partial charge in [0, 0.05) is 11.3 Å². The molecule has 1 heterocycles. The monoisotopic (exact) mass is 351 g/mol. The molecule has 0 aliphatic heterocycles. The van der Waals surface area contributed by atoms with Crippen LogP contribution in [0.2, 0.25) is 0 Å². The van der Waals surface area contributed by atoms with Gasteiger partial charge in [-0.05, 0) is 60.2 Å². The molecule has 3 nitrogen and oxygen atoms in total. The maximum Gasteiger partial charge on any atom is 0.265 e. The molecule has 0 saturated carbocycles. The summed E-state index contributed by atoms with van der Waals surface area (Å²) in [7, 11) is 0. The normalized spacial score (nSPS) is 10.5. The highest BCUT2D eigenvalue weighted by Crippen LogP contribution is 2.20. The molecule has 1 aromatic heterocycles. The quantitative estimate of drug-likeness (QED) is 0.641. The number of ether oxygens (including phenoxy) is 1. The summed E-state index contributed by atoms with van der Waals surface area (Å²) in [5.41, 5.74) is 4.23. The van der Waals surface area contributed by atoms with Gasteiger partial charge < -0.3 is 10.1 Å². The number of carbonyl (C=O) groups is 1. The number of hydrogen-bond donors (Lipinski definition) is 1. The zero-order valence-corrected chi connectivity index (χ0v) is 15.2. The Labute approximate surface area is 152 Å². The molecule has 25 heavy (non-hydrogen) atoms. The van der Waals surface area contributed by atoms with E-state index in [1.165, 1.54) is 16.9 Å². The molecule has 1 N–H and O–H groups in total. The maximum absolute atomic E-state index is 12.4. The zero-order valence-electron chi connectivity index (χ0n) is 14.4. The molecule has 2 aromatic carbocycles. The third kappa shape index (κ3) is 4.70. The number of hydrogen-bond acceptors (Lipinski definition) is 3. The molecular formula is C21H21NO2S. The van der Waals surface area contributed by atoms with Crippen molar-refractivity contribution >= 4 is 22.9 Å². The summed E-state index contributed by atoms with van der Waals surface area (Å²) < 4.78 is 5.78. The first kappa shape index (κ1) is 17.2. The second-order valence-electron chi connectivity index (χ2n) is 5.93. The minimum atomic E-state index is -0.0870. The largest absolute Gasteiger partial charge is 0.489 e. The predicted octanol–water partition coefficient (Wildman–Crippen LogP) is 5.45. The maximum atomic E-state index is 12.4. The smallest absolute Gasteiger partial charge is 0.265 e. The Hall–Kier alpha value is -2.59. The Bertz CT molecular complexity index is 852. The molecule has 0 unspecified atom stereocenters. The number of rotatable bonds is 6. The average molecular weight is 351 g/mol. The van der Waals surface area contributed by atoms with Crippen LogP contribution in [0.4, 0.5) is 5.69 Å². The van der Waals surface area contributed by atoms with Crippen molar-refractivity contribution in [3.63, 3.8) is 0 Å². The second kappa shape index (κ2) is 7.99. The molecule has 0 saturated heterocycles. The Kier molecular flexibility index (Phi) is 5.51. The molecule has 0 atom stereocenters. The molecule has 0 aliphatic rings. The summed E-state index contributed by atoms with van der Waals surface area (Å²) in [4.78, 5) is 13.0. The minimum Gasteiger partial charge on any atom is -0.489 e. The predicted molar refractivity (Wildman–Crippen MR) is 104 cm³/mol. The highest BCUT2D eigenvalue weighted by Gasteiger charge is 2.10. The van der Waals surface area contributed by atoms with Crippen molar-refractivity contribution in [3.8, 4) is 5.75 Å². The number of thiophene rings is 1. The summed E-state index contributed by atoms with van der Waals surface area (Å²) in [6, 6.07) is 17.8. The van der Waals surface area contributed by atoms with Crippen LogP contribution in [0.3, 0.4) is 0 Å². The van der Waals surface area contributed by atoms with Crippen molar-refractivity contribution < 1.29 is 9.53 Å². The Morgan fingerprint density at radius 3 is 2.60 bits per heavy atom. The van der Waals surface area contributed by atoms with E-state index in [4.69, 9.17) is 4.74 Å². The second-order valence-corrected chi connectivity index (χ2v) is 6.84. The SMILES string of the molecule is CCc1ccc(NC(=O)c2cc(COc3cccc(C)c3)cs2)cc1. The van der Waals surface area contributed by atoms with Gasteiger partial charge in [0.15, 0.2) is 0 Å². The molecule has 128 valence electrons. The van der Waals surface area contributed by atoms with Gasteiger partial charge in [-0.15, -0.1) is 11.3 Å².